The van der Waals surface area contributed by atoms with Crippen molar-refractivity contribution in [2.75, 3.05) is 5.32 Å². The number of benzene rings is 1. The summed E-state index contributed by atoms with van der Waals surface area (Å²) in [6, 6.07) is 4.06. The molecule has 154 valence electrons. The summed E-state index contributed by atoms with van der Waals surface area (Å²) in [6.07, 6.45) is 0. The van der Waals surface area contributed by atoms with Gasteiger partial charge < -0.3 is 9.88 Å². The van der Waals surface area contributed by atoms with E-state index < -0.39 is 16.5 Å². The van der Waals surface area contributed by atoms with Crippen LogP contribution in [0.4, 0.5) is 5.69 Å². The fourth-order valence-corrected chi connectivity index (χ4v) is 4.29. The largest absolute Gasteiger partial charge is 0.332 e. The molecular formula is C20H25N5O3S. The van der Waals surface area contributed by atoms with Crippen molar-refractivity contribution in [3.05, 3.63) is 49.7 Å². The third kappa shape index (κ3) is 3.62. The number of nitrogens with one attached hydrogen (secondary N) is 1. The Balaban J connectivity index is 1.91. The SMILES string of the molecule is Cc1cc(C)c(NC(=O)[C@H](C)Sc2nc3c(c(=O)n(C)c(=O)n3C)n2C)c(C)c1. The first-order valence-corrected chi connectivity index (χ1v) is 10.1. The van der Waals surface area contributed by atoms with E-state index in [0.29, 0.717) is 16.3 Å². The number of thioether (sulfide) groups is 1. The van der Waals surface area contributed by atoms with Crippen LogP contribution in [-0.4, -0.2) is 29.8 Å². The summed E-state index contributed by atoms with van der Waals surface area (Å²) in [5.74, 6) is -0.154. The number of rotatable bonds is 4. The number of hydrogen-bond donors (Lipinski definition) is 1. The minimum atomic E-state index is -0.452. The number of aryl methyl sites for hydroxylation is 5. The Morgan fingerprint density at radius 2 is 1.62 bits per heavy atom. The first-order valence-electron chi connectivity index (χ1n) is 9.20. The molecule has 0 spiro atoms. The third-order valence-electron chi connectivity index (χ3n) is 5.01. The van der Waals surface area contributed by atoms with Crippen molar-refractivity contribution in [2.45, 2.75) is 38.1 Å². The van der Waals surface area contributed by atoms with Crippen molar-refractivity contribution in [3.8, 4) is 0 Å². The molecule has 2 heterocycles. The number of nitrogens with zero attached hydrogens (tertiary/aromatic N) is 4. The summed E-state index contributed by atoms with van der Waals surface area (Å²) in [5.41, 5.74) is 3.77. The Hall–Kier alpha value is -2.81. The minimum absolute atomic E-state index is 0.154. The van der Waals surface area contributed by atoms with Crippen molar-refractivity contribution < 1.29 is 4.79 Å². The van der Waals surface area contributed by atoms with E-state index in [1.165, 1.54) is 23.4 Å². The molecule has 0 fully saturated rings. The van der Waals surface area contributed by atoms with Gasteiger partial charge >= 0.3 is 5.69 Å². The maximum atomic E-state index is 12.8. The molecule has 9 heteroatoms. The third-order valence-corrected chi connectivity index (χ3v) is 6.15. The average Bonchev–Trinajstić information content (AvgIpc) is 2.97. The van der Waals surface area contributed by atoms with Gasteiger partial charge in [-0.15, -0.1) is 0 Å². The molecule has 3 aromatic rings. The van der Waals surface area contributed by atoms with Crippen LogP contribution < -0.4 is 16.6 Å². The molecule has 29 heavy (non-hydrogen) atoms. The highest BCUT2D eigenvalue weighted by Gasteiger charge is 2.22. The molecule has 1 aromatic carbocycles. The first kappa shape index (κ1) is 20.9. The highest BCUT2D eigenvalue weighted by Crippen LogP contribution is 2.27. The summed E-state index contributed by atoms with van der Waals surface area (Å²) >= 11 is 1.24. The van der Waals surface area contributed by atoms with E-state index in [0.717, 1.165) is 26.9 Å². The van der Waals surface area contributed by atoms with E-state index in [1.807, 2.05) is 32.9 Å². The first-order chi connectivity index (χ1) is 13.5. The Kier molecular flexibility index (Phi) is 5.44. The molecule has 0 saturated carbocycles. The lowest BCUT2D eigenvalue weighted by Crippen LogP contribution is -2.37. The van der Waals surface area contributed by atoms with Gasteiger partial charge in [-0.3, -0.25) is 18.7 Å². The van der Waals surface area contributed by atoms with E-state index in [4.69, 9.17) is 0 Å². The van der Waals surface area contributed by atoms with Crippen LogP contribution in [0.3, 0.4) is 0 Å². The number of carbonyl (C=O) groups excluding carboxylic acids is 1. The van der Waals surface area contributed by atoms with E-state index in [-0.39, 0.29) is 5.91 Å². The number of amides is 1. The monoisotopic (exact) mass is 415 g/mol. The van der Waals surface area contributed by atoms with Crippen LogP contribution in [0.1, 0.15) is 23.6 Å². The number of hydrogen-bond acceptors (Lipinski definition) is 5. The van der Waals surface area contributed by atoms with E-state index in [9.17, 15) is 14.4 Å². The molecule has 0 saturated heterocycles. The second kappa shape index (κ2) is 7.55. The fourth-order valence-electron chi connectivity index (χ4n) is 3.42. The number of carbonyl (C=O) groups is 1. The zero-order valence-electron chi connectivity index (χ0n) is 17.7. The summed E-state index contributed by atoms with van der Waals surface area (Å²) in [4.78, 5) is 41.9. The highest BCUT2D eigenvalue weighted by molar-refractivity contribution is 8.00. The second-order valence-electron chi connectivity index (χ2n) is 7.35. The fraction of sp³-hybridized carbons (Fsp3) is 0.400. The van der Waals surface area contributed by atoms with Gasteiger partial charge in [0.2, 0.25) is 5.91 Å². The Morgan fingerprint density at radius 3 is 2.21 bits per heavy atom. The van der Waals surface area contributed by atoms with Crippen molar-refractivity contribution in [1.29, 1.82) is 0 Å². The molecule has 1 atom stereocenters. The van der Waals surface area contributed by atoms with Crippen LogP contribution in [0.2, 0.25) is 0 Å². The van der Waals surface area contributed by atoms with Gasteiger partial charge in [-0.25, -0.2) is 9.78 Å². The molecule has 3 rings (SSSR count). The van der Waals surface area contributed by atoms with Crippen molar-refractivity contribution >= 4 is 34.5 Å². The van der Waals surface area contributed by atoms with Crippen LogP contribution in [-0.2, 0) is 25.9 Å². The van der Waals surface area contributed by atoms with Gasteiger partial charge in [-0.2, -0.15) is 0 Å². The summed E-state index contributed by atoms with van der Waals surface area (Å²) < 4.78 is 4.02. The molecule has 2 aromatic heterocycles. The van der Waals surface area contributed by atoms with Gasteiger partial charge in [-0.1, -0.05) is 29.5 Å². The Labute approximate surface area is 172 Å². The molecule has 8 nitrogen and oxygen atoms in total. The van der Waals surface area contributed by atoms with Gasteiger partial charge in [0, 0.05) is 26.8 Å². The van der Waals surface area contributed by atoms with E-state index in [2.05, 4.69) is 10.3 Å². The van der Waals surface area contributed by atoms with Gasteiger partial charge in [0.15, 0.2) is 16.3 Å². The van der Waals surface area contributed by atoms with Gasteiger partial charge in [0.25, 0.3) is 5.56 Å². The predicted molar refractivity (Wildman–Crippen MR) is 116 cm³/mol. The molecule has 1 N–H and O–H groups in total. The normalized spacial score (nSPS) is 12.4. The minimum Gasteiger partial charge on any atom is -0.325 e. The molecule has 0 unspecified atom stereocenters. The summed E-state index contributed by atoms with van der Waals surface area (Å²) in [5, 5.41) is 3.05. The topological polar surface area (TPSA) is 90.9 Å². The van der Waals surface area contributed by atoms with Crippen LogP contribution in [0.5, 0.6) is 0 Å². The molecule has 0 aliphatic heterocycles. The van der Waals surface area contributed by atoms with Gasteiger partial charge in [0.1, 0.15) is 0 Å². The van der Waals surface area contributed by atoms with Gasteiger partial charge in [0.05, 0.1) is 5.25 Å². The van der Waals surface area contributed by atoms with Crippen molar-refractivity contribution in [2.24, 2.45) is 21.1 Å². The number of aromatic nitrogens is 4. The lowest BCUT2D eigenvalue weighted by molar-refractivity contribution is -0.115. The quantitative estimate of drug-likeness (QED) is 0.659. The van der Waals surface area contributed by atoms with Crippen molar-refractivity contribution in [3.63, 3.8) is 0 Å². The van der Waals surface area contributed by atoms with Crippen LogP contribution in [0, 0.1) is 20.8 Å². The zero-order valence-corrected chi connectivity index (χ0v) is 18.5. The lowest BCUT2D eigenvalue weighted by atomic mass is 10.1. The zero-order chi connectivity index (χ0) is 21.6. The highest BCUT2D eigenvalue weighted by atomic mass is 32.2. The van der Waals surface area contributed by atoms with Crippen LogP contribution >= 0.6 is 11.8 Å². The summed E-state index contributed by atoms with van der Waals surface area (Å²) in [7, 11) is 4.72. The molecule has 0 aliphatic rings. The maximum absolute atomic E-state index is 12.8. The molecule has 1 amide bonds. The lowest BCUT2D eigenvalue weighted by Gasteiger charge is -2.16. The van der Waals surface area contributed by atoms with Gasteiger partial charge in [-0.05, 0) is 38.8 Å². The molecule has 0 bridgehead atoms. The standard InChI is InChI=1S/C20H25N5O3S/c1-10-8-11(2)14(12(3)9-10)21-17(26)13(4)29-19-22-16-15(23(19)5)18(27)25(7)20(28)24(16)6/h8-9,13H,1-7H3,(H,21,26)/t13-/m0/s1. The predicted octanol–water partition coefficient (Wildman–Crippen LogP) is 2.02. The average molecular weight is 416 g/mol. The number of imidazole rings is 1. The molecular weight excluding hydrogens is 390 g/mol. The van der Waals surface area contributed by atoms with E-state index in [1.54, 1.807) is 25.6 Å². The van der Waals surface area contributed by atoms with E-state index >= 15 is 0 Å². The number of anilines is 1. The molecule has 0 radical (unpaired) electrons. The molecule has 0 aliphatic carbocycles. The van der Waals surface area contributed by atoms with Crippen LogP contribution in [0.25, 0.3) is 11.2 Å². The smallest absolute Gasteiger partial charge is 0.325 e. The maximum Gasteiger partial charge on any atom is 0.332 e. The Bertz CT molecular complexity index is 1230. The second-order valence-corrected chi connectivity index (χ2v) is 8.66. The summed E-state index contributed by atoms with van der Waals surface area (Å²) in [6.45, 7) is 7.74. The Morgan fingerprint density at radius 1 is 1.03 bits per heavy atom. The van der Waals surface area contributed by atoms with Crippen LogP contribution in [0.15, 0.2) is 26.9 Å². The number of fused-ring (bicyclic) bond motifs is 1. The van der Waals surface area contributed by atoms with Crippen molar-refractivity contribution in [1.82, 2.24) is 18.7 Å².